The average molecular weight is 234 g/mol. The number of β-amino-alcohol motifs (C(OH)–C–C–N with tert-alkyl or cyclic N) is 1. The number of carbonyl (C=O) groups is 1. The van der Waals surface area contributed by atoms with E-state index in [0.29, 0.717) is 25.3 Å². The quantitative estimate of drug-likeness (QED) is 0.420. The van der Waals surface area contributed by atoms with Crippen LogP contribution in [0.5, 0.6) is 0 Å². The van der Waals surface area contributed by atoms with Crippen LogP contribution in [-0.2, 0) is 9.53 Å². The third-order valence-electron chi connectivity index (χ3n) is 2.58. The molecule has 0 aliphatic carbocycles. The van der Waals surface area contributed by atoms with Crippen LogP contribution in [0.4, 0.5) is 0 Å². The van der Waals surface area contributed by atoms with Crippen LogP contribution in [0.3, 0.4) is 0 Å². The van der Waals surface area contributed by atoms with Crippen LogP contribution in [0.15, 0.2) is 12.2 Å². The Morgan fingerprint density at radius 2 is 2.47 bits per heavy atom. The number of esters is 1. The van der Waals surface area contributed by atoms with Crippen LogP contribution >= 0.6 is 11.6 Å². The molecule has 1 saturated heterocycles. The Morgan fingerprint density at radius 1 is 1.80 bits per heavy atom. The standard InChI is InChI=1S/C10H16ClNO3/c1-7(5-11)3-10(9(14)15-2)4-8(13)6-12-10/h8,12-13H,1,3-6H2,2H3/t8-,10?/m0/s1. The Labute approximate surface area is 94.3 Å². The van der Waals surface area contributed by atoms with Crippen LogP contribution in [0.1, 0.15) is 12.8 Å². The maximum Gasteiger partial charge on any atom is 0.326 e. The molecule has 1 heterocycles. The molecule has 1 rings (SSSR count). The van der Waals surface area contributed by atoms with Crippen LogP contribution in [0.25, 0.3) is 0 Å². The van der Waals surface area contributed by atoms with E-state index in [1.807, 2.05) is 0 Å². The molecule has 0 amide bonds. The molecule has 0 spiro atoms. The normalized spacial score (nSPS) is 30.2. The van der Waals surface area contributed by atoms with Gasteiger partial charge >= 0.3 is 5.97 Å². The van der Waals surface area contributed by atoms with Gasteiger partial charge in [-0.05, 0) is 6.42 Å². The smallest absolute Gasteiger partial charge is 0.326 e. The highest BCUT2D eigenvalue weighted by atomic mass is 35.5. The SMILES string of the molecule is C=C(CCl)CC1(C(=O)OC)C[C@H](O)CN1. The van der Waals surface area contributed by atoms with Crippen LogP contribution < -0.4 is 5.32 Å². The van der Waals surface area contributed by atoms with Gasteiger partial charge in [0.05, 0.1) is 13.2 Å². The average Bonchev–Trinajstić information content (AvgIpc) is 2.59. The summed E-state index contributed by atoms with van der Waals surface area (Å²) in [6.07, 6.45) is 0.225. The van der Waals surface area contributed by atoms with Gasteiger partial charge in [-0.1, -0.05) is 12.2 Å². The molecule has 1 aliphatic rings. The second-order valence-corrected chi connectivity index (χ2v) is 4.14. The summed E-state index contributed by atoms with van der Waals surface area (Å²) in [6, 6.07) is 0. The van der Waals surface area contributed by atoms with Crippen LogP contribution in [0.2, 0.25) is 0 Å². The van der Waals surface area contributed by atoms with Crippen molar-refractivity contribution in [3.05, 3.63) is 12.2 Å². The first-order valence-electron chi connectivity index (χ1n) is 4.78. The molecule has 0 saturated carbocycles. The van der Waals surface area contributed by atoms with E-state index in [9.17, 15) is 9.90 Å². The third kappa shape index (κ3) is 2.71. The summed E-state index contributed by atoms with van der Waals surface area (Å²) in [7, 11) is 1.33. The molecule has 0 aromatic heterocycles. The van der Waals surface area contributed by atoms with Crippen molar-refractivity contribution < 1.29 is 14.6 Å². The Kier molecular flexibility index (Phi) is 4.13. The summed E-state index contributed by atoms with van der Waals surface area (Å²) in [6.45, 7) is 4.16. The second kappa shape index (κ2) is 4.96. The lowest BCUT2D eigenvalue weighted by molar-refractivity contribution is -0.148. The van der Waals surface area contributed by atoms with E-state index < -0.39 is 11.6 Å². The highest BCUT2D eigenvalue weighted by Crippen LogP contribution is 2.28. The number of halogens is 1. The molecule has 0 bridgehead atoms. The second-order valence-electron chi connectivity index (χ2n) is 3.87. The number of nitrogens with one attached hydrogen (secondary N) is 1. The van der Waals surface area contributed by atoms with Gasteiger partial charge in [0.25, 0.3) is 0 Å². The van der Waals surface area contributed by atoms with E-state index in [1.54, 1.807) is 0 Å². The molecule has 2 atom stereocenters. The molecule has 1 aliphatic heterocycles. The van der Waals surface area contributed by atoms with Crippen molar-refractivity contribution in [2.24, 2.45) is 0 Å². The fraction of sp³-hybridized carbons (Fsp3) is 0.700. The van der Waals surface area contributed by atoms with Gasteiger partial charge in [0, 0.05) is 18.8 Å². The van der Waals surface area contributed by atoms with Crippen molar-refractivity contribution in [3.8, 4) is 0 Å². The number of methoxy groups -OCH3 is 1. The summed E-state index contributed by atoms with van der Waals surface area (Å²) in [5.41, 5.74) is -0.0937. The Bertz CT molecular complexity index is 269. The van der Waals surface area contributed by atoms with Gasteiger partial charge in [0.2, 0.25) is 0 Å². The van der Waals surface area contributed by atoms with Crippen molar-refractivity contribution in [1.29, 1.82) is 0 Å². The predicted octanol–water partition coefficient (Wildman–Crippen LogP) is 0.438. The number of alkyl halides is 1. The van der Waals surface area contributed by atoms with Gasteiger partial charge < -0.3 is 9.84 Å². The number of ether oxygens (including phenoxy) is 1. The van der Waals surface area contributed by atoms with Crippen molar-refractivity contribution in [3.63, 3.8) is 0 Å². The van der Waals surface area contributed by atoms with Crippen LogP contribution in [-0.4, -0.2) is 42.3 Å². The molecule has 15 heavy (non-hydrogen) atoms. The first kappa shape index (κ1) is 12.5. The summed E-state index contributed by atoms with van der Waals surface area (Å²) >= 11 is 5.63. The van der Waals surface area contributed by atoms with E-state index >= 15 is 0 Å². The van der Waals surface area contributed by atoms with Gasteiger partial charge in [-0.15, -0.1) is 11.6 Å². The largest absolute Gasteiger partial charge is 0.468 e. The van der Waals surface area contributed by atoms with Gasteiger partial charge in [0.1, 0.15) is 5.54 Å². The minimum Gasteiger partial charge on any atom is -0.468 e. The topological polar surface area (TPSA) is 58.6 Å². The lowest BCUT2D eigenvalue weighted by Gasteiger charge is -2.26. The van der Waals surface area contributed by atoms with Crippen molar-refractivity contribution in [1.82, 2.24) is 5.32 Å². The molecule has 4 nitrogen and oxygen atoms in total. The highest BCUT2D eigenvalue weighted by Gasteiger charge is 2.45. The Hall–Kier alpha value is -0.580. The van der Waals surface area contributed by atoms with Crippen molar-refractivity contribution in [2.45, 2.75) is 24.5 Å². The molecule has 2 N–H and O–H groups in total. The lowest BCUT2D eigenvalue weighted by atomic mass is 9.89. The van der Waals surface area contributed by atoms with Crippen LogP contribution in [0, 0.1) is 0 Å². The first-order valence-corrected chi connectivity index (χ1v) is 5.31. The molecule has 0 radical (unpaired) electrons. The number of carbonyl (C=O) groups excluding carboxylic acids is 1. The molecule has 1 unspecified atom stereocenters. The summed E-state index contributed by atoms with van der Waals surface area (Å²) < 4.78 is 4.73. The van der Waals surface area contributed by atoms with Crippen molar-refractivity contribution in [2.75, 3.05) is 19.5 Å². The number of aliphatic hydroxyl groups excluding tert-OH is 1. The molecule has 5 heteroatoms. The number of aliphatic hydroxyl groups is 1. The van der Waals surface area contributed by atoms with E-state index in [-0.39, 0.29) is 5.97 Å². The van der Waals surface area contributed by atoms with Gasteiger partial charge in [-0.2, -0.15) is 0 Å². The zero-order valence-corrected chi connectivity index (χ0v) is 9.51. The number of hydrogen-bond donors (Lipinski definition) is 2. The van der Waals surface area contributed by atoms with Crippen molar-refractivity contribution >= 4 is 17.6 Å². The monoisotopic (exact) mass is 233 g/mol. The van der Waals surface area contributed by atoms with Gasteiger partial charge in [-0.3, -0.25) is 10.1 Å². The first-order chi connectivity index (χ1) is 7.04. The minimum absolute atomic E-state index is 0.302. The lowest BCUT2D eigenvalue weighted by Crippen LogP contribution is -2.48. The van der Waals surface area contributed by atoms with Gasteiger partial charge in [0.15, 0.2) is 0 Å². The number of rotatable bonds is 4. The summed E-state index contributed by atoms with van der Waals surface area (Å²) in [5.74, 6) is -0.0680. The third-order valence-corrected chi connectivity index (χ3v) is 2.96. The van der Waals surface area contributed by atoms with E-state index in [1.165, 1.54) is 7.11 Å². The fourth-order valence-electron chi connectivity index (χ4n) is 1.89. The molecular weight excluding hydrogens is 218 g/mol. The minimum atomic E-state index is -0.847. The maximum absolute atomic E-state index is 11.7. The zero-order chi connectivity index (χ0) is 11.5. The zero-order valence-electron chi connectivity index (χ0n) is 8.75. The highest BCUT2D eigenvalue weighted by molar-refractivity contribution is 6.19. The molecule has 86 valence electrons. The fourth-order valence-corrected chi connectivity index (χ4v) is 1.99. The molecule has 0 aromatic rings. The molecular formula is C10H16ClNO3. The van der Waals surface area contributed by atoms with E-state index in [2.05, 4.69) is 11.9 Å². The van der Waals surface area contributed by atoms with E-state index in [4.69, 9.17) is 16.3 Å². The number of hydrogen-bond acceptors (Lipinski definition) is 4. The van der Waals surface area contributed by atoms with Gasteiger partial charge in [-0.25, -0.2) is 0 Å². The maximum atomic E-state index is 11.7. The summed E-state index contributed by atoms with van der Waals surface area (Å²) in [5, 5.41) is 12.5. The Morgan fingerprint density at radius 3 is 2.87 bits per heavy atom. The molecule has 0 aromatic carbocycles. The van der Waals surface area contributed by atoms with E-state index in [0.717, 1.165) is 5.57 Å². The molecule has 1 fully saturated rings. The Balaban J connectivity index is 2.78. The summed E-state index contributed by atoms with van der Waals surface area (Å²) in [4.78, 5) is 11.7. The predicted molar refractivity (Wildman–Crippen MR) is 57.9 cm³/mol.